The summed E-state index contributed by atoms with van der Waals surface area (Å²) >= 11 is 0. The van der Waals surface area contributed by atoms with Crippen molar-refractivity contribution in [2.24, 2.45) is 4.99 Å². The number of aliphatic imine (C=N–C) groups is 1. The number of nitrogens with zero attached hydrogens (tertiary/aromatic N) is 3. The van der Waals surface area contributed by atoms with Crippen LogP contribution in [0.25, 0.3) is 10.9 Å². The Hall–Kier alpha value is -2.95. The zero-order chi connectivity index (χ0) is 16.2. The van der Waals surface area contributed by atoms with E-state index < -0.39 is 0 Å². The molecular formula is C19H17N3O2. The highest BCUT2D eigenvalue weighted by atomic mass is 16.6. The number of ether oxygens (including phenoxy) is 2. The molecule has 0 amide bonds. The van der Waals surface area contributed by atoms with Crippen molar-refractivity contribution in [1.29, 1.82) is 0 Å². The lowest BCUT2D eigenvalue weighted by molar-refractivity contribution is 0.211. The van der Waals surface area contributed by atoms with E-state index >= 15 is 0 Å². The molecule has 2 aliphatic rings. The maximum atomic E-state index is 5.92. The molecule has 0 saturated heterocycles. The summed E-state index contributed by atoms with van der Waals surface area (Å²) < 4.78 is 11.4. The second kappa shape index (κ2) is 6.66. The van der Waals surface area contributed by atoms with Gasteiger partial charge in [0.1, 0.15) is 12.0 Å². The summed E-state index contributed by atoms with van der Waals surface area (Å²) in [7, 11) is 0. The minimum Gasteiger partial charge on any atom is -0.488 e. The Morgan fingerprint density at radius 3 is 3.12 bits per heavy atom. The van der Waals surface area contributed by atoms with Crippen LogP contribution in [0.15, 0.2) is 71.5 Å². The van der Waals surface area contributed by atoms with E-state index in [9.17, 15) is 0 Å². The first-order valence-electron chi connectivity index (χ1n) is 7.98. The molecule has 0 aromatic carbocycles. The minimum atomic E-state index is 0.326. The smallest absolute Gasteiger partial charge is 0.233 e. The highest BCUT2D eigenvalue weighted by Gasteiger charge is 2.15. The van der Waals surface area contributed by atoms with E-state index in [0.717, 1.165) is 41.6 Å². The van der Waals surface area contributed by atoms with Gasteiger partial charge in [0.15, 0.2) is 6.61 Å². The van der Waals surface area contributed by atoms with Crippen molar-refractivity contribution in [3.63, 3.8) is 0 Å². The summed E-state index contributed by atoms with van der Waals surface area (Å²) in [5.41, 5.74) is 2.98. The van der Waals surface area contributed by atoms with Crippen molar-refractivity contribution < 1.29 is 9.47 Å². The van der Waals surface area contributed by atoms with Crippen LogP contribution in [0.1, 0.15) is 19.3 Å². The topological polar surface area (TPSA) is 56.6 Å². The number of hydrogen-bond donors (Lipinski definition) is 0. The molecule has 0 fully saturated rings. The van der Waals surface area contributed by atoms with Crippen LogP contribution in [0.3, 0.4) is 0 Å². The van der Waals surface area contributed by atoms with Crippen LogP contribution in [0.4, 0.5) is 5.69 Å². The fourth-order valence-electron chi connectivity index (χ4n) is 2.77. The Bertz CT molecular complexity index is 876. The lowest BCUT2D eigenvalue weighted by atomic mass is 10.0. The quantitative estimate of drug-likeness (QED) is 0.850. The first-order valence-corrected chi connectivity index (χ1v) is 7.98. The number of aromatic nitrogens is 2. The molecule has 0 atom stereocenters. The zero-order valence-electron chi connectivity index (χ0n) is 13.2. The van der Waals surface area contributed by atoms with Crippen LogP contribution in [0, 0.1) is 0 Å². The second-order valence-corrected chi connectivity index (χ2v) is 5.69. The second-order valence-electron chi connectivity index (χ2n) is 5.69. The molecule has 1 aliphatic heterocycles. The van der Waals surface area contributed by atoms with Crippen LogP contribution in [-0.4, -0.2) is 22.5 Å². The minimum absolute atomic E-state index is 0.326. The Balaban J connectivity index is 1.56. The number of fused-ring (bicyclic) bond motifs is 1. The molecule has 1 aliphatic carbocycles. The first-order chi connectivity index (χ1) is 11.9. The van der Waals surface area contributed by atoms with Crippen molar-refractivity contribution in [3.05, 3.63) is 66.5 Å². The summed E-state index contributed by atoms with van der Waals surface area (Å²) in [6.45, 7) is 0.326. The molecule has 0 saturated carbocycles. The van der Waals surface area contributed by atoms with Crippen molar-refractivity contribution in [1.82, 2.24) is 9.97 Å². The molecule has 0 radical (unpaired) electrons. The summed E-state index contributed by atoms with van der Waals surface area (Å²) in [5, 5.41) is 0.896. The fraction of sp³-hybridized carbons (Fsp3) is 0.211. The maximum Gasteiger partial charge on any atom is 0.233 e. The van der Waals surface area contributed by atoms with Gasteiger partial charge in [-0.1, -0.05) is 23.8 Å². The van der Waals surface area contributed by atoms with E-state index in [-0.39, 0.29) is 0 Å². The highest BCUT2D eigenvalue weighted by molar-refractivity contribution is 5.92. The number of allylic oxidation sites excluding steroid dienone is 4. The van der Waals surface area contributed by atoms with Gasteiger partial charge in [0, 0.05) is 30.4 Å². The molecular weight excluding hydrogens is 302 g/mol. The normalized spacial score (nSPS) is 18.8. The van der Waals surface area contributed by atoms with Crippen LogP contribution < -0.4 is 0 Å². The molecule has 4 rings (SSSR count). The SMILES string of the molecule is C1=CCCC(CC2=COCC(=Nc3ccnc4ccncc34)O2)=C1. The molecule has 0 N–H and O–H groups in total. The molecule has 2 aromatic heterocycles. The third kappa shape index (κ3) is 3.20. The van der Waals surface area contributed by atoms with Crippen molar-refractivity contribution in [3.8, 4) is 0 Å². The predicted octanol–water partition coefficient (Wildman–Crippen LogP) is 4.21. The van der Waals surface area contributed by atoms with Gasteiger partial charge in [0.25, 0.3) is 0 Å². The van der Waals surface area contributed by atoms with Crippen LogP contribution >= 0.6 is 0 Å². The summed E-state index contributed by atoms with van der Waals surface area (Å²) in [4.78, 5) is 13.1. The Morgan fingerprint density at radius 2 is 2.21 bits per heavy atom. The maximum absolute atomic E-state index is 5.92. The van der Waals surface area contributed by atoms with E-state index in [4.69, 9.17) is 9.47 Å². The van der Waals surface area contributed by atoms with E-state index in [1.807, 2.05) is 12.1 Å². The van der Waals surface area contributed by atoms with Crippen LogP contribution in [0.2, 0.25) is 0 Å². The van der Waals surface area contributed by atoms with Gasteiger partial charge in [0.05, 0.1) is 11.2 Å². The van der Waals surface area contributed by atoms with Gasteiger partial charge in [0.2, 0.25) is 5.90 Å². The summed E-state index contributed by atoms with van der Waals surface area (Å²) in [5.74, 6) is 1.34. The number of hydrogen-bond acceptors (Lipinski definition) is 5. The monoisotopic (exact) mass is 319 g/mol. The summed E-state index contributed by atoms with van der Waals surface area (Å²) in [6, 6.07) is 3.72. The van der Waals surface area contributed by atoms with Crippen molar-refractivity contribution >= 4 is 22.5 Å². The van der Waals surface area contributed by atoms with Crippen molar-refractivity contribution in [2.75, 3.05) is 6.61 Å². The average Bonchev–Trinajstić information content (AvgIpc) is 2.63. The Labute approximate surface area is 140 Å². The molecule has 24 heavy (non-hydrogen) atoms. The Morgan fingerprint density at radius 1 is 1.21 bits per heavy atom. The molecule has 2 aromatic rings. The predicted molar refractivity (Wildman–Crippen MR) is 92.8 cm³/mol. The largest absolute Gasteiger partial charge is 0.488 e. The summed E-state index contributed by atoms with van der Waals surface area (Å²) in [6.07, 6.45) is 16.2. The van der Waals surface area contributed by atoms with E-state index in [1.54, 1.807) is 24.9 Å². The molecule has 0 spiro atoms. The third-order valence-electron chi connectivity index (χ3n) is 3.94. The number of rotatable bonds is 3. The molecule has 0 bridgehead atoms. The third-order valence-corrected chi connectivity index (χ3v) is 3.94. The molecule has 120 valence electrons. The van der Waals surface area contributed by atoms with Crippen LogP contribution in [0.5, 0.6) is 0 Å². The Kier molecular flexibility index (Phi) is 4.06. The average molecular weight is 319 g/mol. The van der Waals surface area contributed by atoms with Gasteiger partial charge in [-0.2, -0.15) is 0 Å². The van der Waals surface area contributed by atoms with Gasteiger partial charge in [-0.15, -0.1) is 0 Å². The van der Waals surface area contributed by atoms with Gasteiger partial charge in [-0.05, 0) is 25.0 Å². The molecule has 0 unspecified atom stereocenters. The van der Waals surface area contributed by atoms with Gasteiger partial charge in [-0.3, -0.25) is 9.97 Å². The van der Waals surface area contributed by atoms with Crippen molar-refractivity contribution in [2.45, 2.75) is 19.3 Å². The van der Waals surface area contributed by atoms with E-state index in [1.165, 1.54) is 5.57 Å². The fourth-order valence-corrected chi connectivity index (χ4v) is 2.77. The molecule has 5 heteroatoms. The van der Waals surface area contributed by atoms with Gasteiger partial charge < -0.3 is 9.47 Å². The lowest BCUT2D eigenvalue weighted by Gasteiger charge is -2.19. The first kappa shape index (κ1) is 14.6. The zero-order valence-corrected chi connectivity index (χ0v) is 13.2. The van der Waals surface area contributed by atoms with Gasteiger partial charge in [-0.25, -0.2) is 4.99 Å². The number of pyridine rings is 2. The highest BCUT2D eigenvalue weighted by Crippen LogP contribution is 2.26. The lowest BCUT2D eigenvalue weighted by Crippen LogP contribution is -2.16. The van der Waals surface area contributed by atoms with E-state index in [2.05, 4.69) is 33.2 Å². The van der Waals surface area contributed by atoms with Gasteiger partial charge >= 0.3 is 0 Å². The van der Waals surface area contributed by atoms with Crippen LogP contribution in [-0.2, 0) is 9.47 Å². The molecule has 5 nitrogen and oxygen atoms in total. The van der Waals surface area contributed by atoms with E-state index in [0.29, 0.717) is 12.5 Å². The molecule has 3 heterocycles. The standard InChI is InChI=1S/C19H17N3O2/c1-2-4-14(5-3-1)10-15-12-23-13-19(24-15)22-18-7-9-21-17-6-8-20-11-16(17)18/h1-2,4,6-9,11-12H,3,5,10,13H2.